The Morgan fingerprint density at radius 1 is 0.647 bits per heavy atom. The third-order valence-electron chi connectivity index (χ3n) is 7.81. The van der Waals surface area contributed by atoms with Crippen molar-refractivity contribution in [1.82, 2.24) is 10.6 Å². The Morgan fingerprint density at radius 3 is 1.27 bits per heavy atom. The van der Waals surface area contributed by atoms with Gasteiger partial charge in [0.2, 0.25) is 11.8 Å². The van der Waals surface area contributed by atoms with Crippen molar-refractivity contribution < 1.29 is 19.1 Å². The van der Waals surface area contributed by atoms with E-state index in [0.717, 1.165) is 22.3 Å². The maximum atomic E-state index is 12.0. The van der Waals surface area contributed by atoms with Crippen LogP contribution in [0.1, 0.15) is 120 Å². The fourth-order valence-electron chi connectivity index (χ4n) is 4.35. The van der Waals surface area contributed by atoms with Gasteiger partial charge in [0.1, 0.15) is 0 Å². The zero-order chi connectivity index (χ0) is 38.8. The summed E-state index contributed by atoms with van der Waals surface area (Å²) in [6.07, 6.45) is 0. The number of nitrogens with zero attached hydrogens (tertiary/aromatic N) is 2. The SMILES string of the molecule is CC(C(=O)NCC(C)(C)C)c1ccc(C#N)cc1.CC(C(=O)NCC(C)(C)C)c1ccc(CN)cc1.CCOC(=O)C(C)c1ccc(C#N)cc1. The Labute approximate surface area is 305 Å². The smallest absolute Gasteiger partial charge is 0.313 e. The molecule has 3 aromatic carbocycles. The van der Waals surface area contributed by atoms with Gasteiger partial charge in [-0.2, -0.15) is 10.5 Å². The number of benzene rings is 3. The molecule has 274 valence electrons. The first-order valence-electron chi connectivity index (χ1n) is 17.4. The summed E-state index contributed by atoms with van der Waals surface area (Å²) in [5.41, 5.74) is 10.9. The molecule has 0 fully saturated rings. The van der Waals surface area contributed by atoms with Crippen LogP contribution in [-0.4, -0.2) is 37.5 Å². The van der Waals surface area contributed by atoms with Crippen molar-refractivity contribution >= 4 is 17.8 Å². The predicted molar refractivity (Wildman–Crippen MR) is 203 cm³/mol. The summed E-state index contributed by atoms with van der Waals surface area (Å²) in [6.45, 7) is 22.2. The molecule has 4 N–H and O–H groups in total. The predicted octanol–water partition coefficient (Wildman–Crippen LogP) is 7.46. The van der Waals surface area contributed by atoms with Gasteiger partial charge in [-0.1, -0.05) is 90.1 Å². The highest BCUT2D eigenvalue weighted by molar-refractivity contribution is 5.83. The van der Waals surface area contributed by atoms with Crippen LogP contribution < -0.4 is 16.4 Å². The Balaban J connectivity index is 0.000000384. The van der Waals surface area contributed by atoms with Crippen molar-refractivity contribution in [1.29, 1.82) is 10.5 Å². The number of nitriles is 2. The summed E-state index contributed by atoms with van der Waals surface area (Å²) >= 11 is 0. The lowest BCUT2D eigenvalue weighted by Crippen LogP contribution is -2.34. The first kappa shape index (κ1) is 44.0. The molecule has 3 atom stereocenters. The fraction of sp³-hybridized carbons (Fsp3) is 0.452. The number of nitrogens with two attached hydrogens (primary N) is 1. The van der Waals surface area contributed by atoms with Crippen molar-refractivity contribution in [2.45, 2.75) is 93.5 Å². The lowest BCUT2D eigenvalue weighted by molar-refractivity contribution is -0.144. The van der Waals surface area contributed by atoms with E-state index >= 15 is 0 Å². The number of nitrogens with one attached hydrogen (secondary N) is 2. The summed E-state index contributed by atoms with van der Waals surface area (Å²) in [5, 5.41) is 23.3. The van der Waals surface area contributed by atoms with Gasteiger partial charge in [0.15, 0.2) is 0 Å². The van der Waals surface area contributed by atoms with E-state index < -0.39 is 0 Å². The minimum absolute atomic E-state index is 0.0228. The van der Waals surface area contributed by atoms with Gasteiger partial charge in [0, 0.05) is 19.6 Å². The van der Waals surface area contributed by atoms with Crippen LogP contribution in [-0.2, 0) is 25.7 Å². The molecule has 0 aliphatic rings. The van der Waals surface area contributed by atoms with E-state index in [4.69, 9.17) is 21.0 Å². The normalized spacial score (nSPS) is 12.5. The second-order valence-electron chi connectivity index (χ2n) is 14.9. The first-order chi connectivity index (χ1) is 23.8. The minimum atomic E-state index is -0.280. The maximum absolute atomic E-state index is 12.0. The number of ether oxygens (including phenoxy) is 1. The molecule has 0 heterocycles. The molecule has 0 bridgehead atoms. The molecule has 0 aliphatic carbocycles. The molecule has 2 amide bonds. The van der Waals surface area contributed by atoms with Crippen molar-refractivity contribution in [3.8, 4) is 12.1 Å². The van der Waals surface area contributed by atoms with E-state index in [2.05, 4.69) is 58.2 Å². The monoisotopic (exact) mass is 695 g/mol. The number of esters is 1. The number of carbonyl (C=O) groups excluding carboxylic acids is 3. The first-order valence-corrected chi connectivity index (χ1v) is 17.4. The van der Waals surface area contributed by atoms with Crippen LogP contribution in [0.4, 0.5) is 0 Å². The molecule has 0 spiro atoms. The van der Waals surface area contributed by atoms with Gasteiger partial charge in [-0.15, -0.1) is 0 Å². The van der Waals surface area contributed by atoms with Gasteiger partial charge < -0.3 is 21.1 Å². The van der Waals surface area contributed by atoms with Crippen LogP contribution in [0.3, 0.4) is 0 Å². The topological polar surface area (TPSA) is 158 Å². The molecular weight excluding hydrogens is 638 g/mol. The van der Waals surface area contributed by atoms with Gasteiger partial charge in [0.25, 0.3) is 0 Å². The van der Waals surface area contributed by atoms with E-state index in [-0.39, 0.29) is 46.4 Å². The molecule has 9 nitrogen and oxygen atoms in total. The lowest BCUT2D eigenvalue weighted by atomic mass is 9.95. The molecular formula is C42H57N5O4. The molecule has 51 heavy (non-hydrogen) atoms. The van der Waals surface area contributed by atoms with E-state index in [1.165, 1.54) is 0 Å². The Bertz CT molecular complexity index is 1610. The second-order valence-corrected chi connectivity index (χ2v) is 14.9. The number of amides is 2. The third kappa shape index (κ3) is 17.0. The van der Waals surface area contributed by atoms with Crippen LogP contribution in [0.5, 0.6) is 0 Å². The van der Waals surface area contributed by atoms with E-state index in [9.17, 15) is 14.4 Å². The summed E-state index contributed by atoms with van der Waals surface area (Å²) < 4.78 is 4.91. The van der Waals surface area contributed by atoms with E-state index in [1.807, 2.05) is 56.3 Å². The zero-order valence-electron chi connectivity index (χ0n) is 32.1. The van der Waals surface area contributed by atoms with Gasteiger partial charge in [-0.25, -0.2) is 0 Å². The Morgan fingerprint density at radius 2 is 0.980 bits per heavy atom. The molecule has 0 aromatic heterocycles. The molecule has 0 aliphatic heterocycles. The van der Waals surface area contributed by atoms with Crippen molar-refractivity contribution in [2.75, 3.05) is 19.7 Å². The molecule has 9 heteroatoms. The van der Waals surface area contributed by atoms with Crippen LogP contribution >= 0.6 is 0 Å². The molecule has 3 aromatic rings. The quantitative estimate of drug-likeness (QED) is 0.186. The largest absolute Gasteiger partial charge is 0.466 e. The lowest BCUT2D eigenvalue weighted by Gasteiger charge is -2.20. The summed E-state index contributed by atoms with van der Waals surface area (Å²) in [6, 6.07) is 26.1. The van der Waals surface area contributed by atoms with Crippen LogP contribution in [0.15, 0.2) is 72.8 Å². The summed E-state index contributed by atoms with van der Waals surface area (Å²) in [5.74, 6) is -0.737. The summed E-state index contributed by atoms with van der Waals surface area (Å²) in [7, 11) is 0. The highest BCUT2D eigenvalue weighted by Crippen LogP contribution is 2.20. The fourth-order valence-corrected chi connectivity index (χ4v) is 4.35. The minimum Gasteiger partial charge on any atom is -0.466 e. The molecule has 3 rings (SSSR count). The third-order valence-corrected chi connectivity index (χ3v) is 7.81. The highest BCUT2D eigenvalue weighted by Gasteiger charge is 2.19. The second kappa shape index (κ2) is 21.3. The van der Waals surface area contributed by atoms with Crippen molar-refractivity contribution in [2.24, 2.45) is 16.6 Å². The molecule has 0 radical (unpaired) electrons. The maximum Gasteiger partial charge on any atom is 0.313 e. The number of carbonyl (C=O) groups is 3. The zero-order valence-corrected chi connectivity index (χ0v) is 32.1. The van der Waals surface area contributed by atoms with E-state index in [1.54, 1.807) is 50.2 Å². The van der Waals surface area contributed by atoms with E-state index in [0.29, 0.717) is 37.4 Å². The average molecular weight is 696 g/mol. The molecule has 0 saturated heterocycles. The number of rotatable bonds is 10. The number of hydrogen-bond donors (Lipinski definition) is 3. The molecule has 3 unspecified atom stereocenters. The van der Waals surface area contributed by atoms with Crippen molar-refractivity contribution in [3.05, 3.63) is 106 Å². The van der Waals surface area contributed by atoms with Crippen LogP contribution in [0, 0.1) is 33.5 Å². The van der Waals surface area contributed by atoms with Crippen molar-refractivity contribution in [3.63, 3.8) is 0 Å². The van der Waals surface area contributed by atoms with Gasteiger partial charge in [-0.05, 0) is 85.0 Å². The van der Waals surface area contributed by atoms with Gasteiger partial charge in [-0.3, -0.25) is 14.4 Å². The highest BCUT2D eigenvalue weighted by atomic mass is 16.5. The van der Waals surface area contributed by atoms with Gasteiger partial charge >= 0.3 is 5.97 Å². The standard InChI is InChI=1S/C15H24N2O.C15H20N2O.C12H13NO2/c2*1-11(14(18)17-10-15(2,3)4)13-7-5-12(9-16)6-8-13;1-3-15-12(14)9(2)11-6-4-10(8-13)5-7-11/h5-8,11H,9-10,16H2,1-4H3,(H,17,18);5-8,11H,10H2,1-4H3,(H,17,18);4-7,9H,3H2,1-2H3. The average Bonchev–Trinajstić information content (AvgIpc) is 3.12. The van der Waals surface area contributed by atoms with Crippen LogP contribution in [0.2, 0.25) is 0 Å². The van der Waals surface area contributed by atoms with Gasteiger partial charge in [0.05, 0.1) is 47.6 Å². The Kier molecular flexibility index (Phi) is 18.4. The number of hydrogen-bond acceptors (Lipinski definition) is 7. The Hall–Kier alpha value is -4.99. The van der Waals surface area contributed by atoms with Crippen LogP contribution in [0.25, 0.3) is 0 Å². The molecule has 0 saturated carbocycles. The summed E-state index contributed by atoms with van der Waals surface area (Å²) in [4.78, 5) is 35.4.